The van der Waals surface area contributed by atoms with Crippen LogP contribution in [0.2, 0.25) is 0 Å². The molecule has 0 spiro atoms. The molecule has 4 heteroatoms. The van der Waals surface area contributed by atoms with Crippen molar-refractivity contribution in [2.75, 3.05) is 5.73 Å². The van der Waals surface area contributed by atoms with E-state index in [1.54, 1.807) is 4.68 Å². The lowest BCUT2D eigenvalue weighted by Gasteiger charge is -2.03. The fourth-order valence-corrected chi connectivity index (χ4v) is 1.75. The molecule has 1 heterocycles. The Morgan fingerprint density at radius 2 is 1.88 bits per heavy atom. The van der Waals surface area contributed by atoms with Crippen molar-refractivity contribution in [1.29, 1.82) is 0 Å². The number of benzene rings is 1. The number of hydrogen-bond donors (Lipinski definition) is 1. The summed E-state index contributed by atoms with van der Waals surface area (Å²) in [5.74, 6) is 1.06. The van der Waals surface area contributed by atoms with Gasteiger partial charge in [0.1, 0.15) is 5.82 Å². The third kappa shape index (κ3) is 2.11. The number of hydrogen-bond acceptors (Lipinski definition) is 2. The van der Waals surface area contributed by atoms with Crippen molar-refractivity contribution < 1.29 is 0 Å². The highest BCUT2D eigenvalue weighted by Gasteiger charge is 2.09. The van der Waals surface area contributed by atoms with Crippen molar-refractivity contribution in [3.63, 3.8) is 0 Å². The number of halogens is 1. The van der Waals surface area contributed by atoms with E-state index in [9.17, 15) is 0 Å². The Hall–Kier alpha value is -1.29. The average molecular weight is 280 g/mol. The SMILES string of the molecule is CC(C)c1cc(N)n(-c2ccc(Br)cc2)n1. The summed E-state index contributed by atoms with van der Waals surface area (Å²) in [5.41, 5.74) is 7.93. The van der Waals surface area contributed by atoms with Gasteiger partial charge in [-0.05, 0) is 30.2 Å². The van der Waals surface area contributed by atoms with E-state index >= 15 is 0 Å². The maximum Gasteiger partial charge on any atom is 0.127 e. The molecule has 16 heavy (non-hydrogen) atoms. The molecular weight excluding hydrogens is 266 g/mol. The van der Waals surface area contributed by atoms with Gasteiger partial charge in [0, 0.05) is 10.5 Å². The van der Waals surface area contributed by atoms with Gasteiger partial charge in [-0.3, -0.25) is 0 Å². The van der Waals surface area contributed by atoms with E-state index in [2.05, 4.69) is 34.9 Å². The fourth-order valence-electron chi connectivity index (χ4n) is 1.49. The molecule has 0 fully saturated rings. The van der Waals surface area contributed by atoms with Gasteiger partial charge < -0.3 is 5.73 Å². The average Bonchev–Trinajstić information content (AvgIpc) is 2.62. The van der Waals surface area contributed by atoms with Crippen LogP contribution in [0.25, 0.3) is 5.69 Å². The molecule has 0 radical (unpaired) electrons. The quantitative estimate of drug-likeness (QED) is 0.916. The Labute approximate surface area is 103 Å². The first-order valence-corrected chi connectivity index (χ1v) is 5.98. The smallest absolute Gasteiger partial charge is 0.127 e. The van der Waals surface area contributed by atoms with Gasteiger partial charge in [0.2, 0.25) is 0 Å². The fraction of sp³-hybridized carbons (Fsp3) is 0.250. The molecule has 0 aliphatic heterocycles. The minimum Gasteiger partial charge on any atom is -0.384 e. The lowest BCUT2D eigenvalue weighted by Crippen LogP contribution is -2.01. The van der Waals surface area contributed by atoms with Crippen LogP contribution in [-0.4, -0.2) is 9.78 Å². The van der Waals surface area contributed by atoms with E-state index in [0.717, 1.165) is 15.9 Å². The standard InChI is InChI=1S/C12H14BrN3/c1-8(2)11-7-12(14)16(15-11)10-5-3-9(13)4-6-10/h3-8H,14H2,1-2H3. The molecule has 2 rings (SSSR count). The Balaban J connectivity index is 2.44. The Morgan fingerprint density at radius 1 is 1.25 bits per heavy atom. The van der Waals surface area contributed by atoms with Crippen LogP contribution in [0.3, 0.4) is 0 Å². The zero-order chi connectivity index (χ0) is 11.7. The highest BCUT2D eigenvalue weighted by molar-refractivity contribution is 9.10. The maximum atomic E-state index is 5.94. The van der Waals surface area contributed by atoms with Crippen molar-refractivity contribution >= 4 is 21.7 Å². The van der Waals surface area contributed by atoms with E-state index < -0.39 is 0 Å². The maximum absolute atomic E-state index is 5.94. The van der Waals surface area contributed by atoms with Crippen molar-refractivity contribution in [3.05, 3.63) is 40.5 Å². The highest BCUT2D eigenvalue weighted by Crippen LogP contribution is 2.20. The van der Waals surface area contributed by atoms with Crippen molar-refractivity contribution in [2.45, 2.75) is 19.8 Å². The molecule has 0 bridgehead atoms. The first-order chi connectivity index (χ1) is 7.58. The summed E-state index contributed by atoms with van der Waals surface area (Å²) < 4.78 is 2.81. The Morgan fingerprint density at radius 3 is 2.38 bits per heavy atom. The minimum atomic E-state index is 0.388. The van der Waals surface area contributed by atoms with Gasteiger partial charge >= 0.3 is 0 Å². The van der Waals surface area contributed by atoms with Crippen LogP contribution in [-0.2, 0) is 0 Å². The molecule has 0 aliphatic carbocycles. The second-order valence-electron chi connectivity index (χ2n) is 4.04. The van der Waals surface area contributed by atoms with Crippen LogP contribution in [0.15, 0.2) is 34.8 Å². The van der Waals surface area contributed by atoms with Gasteiger partial charge in [0.25, 0.3) is 0 Å². The largest absolute Gasteiger partial charge is 0.384 e. The van der Waals surface area contributed by atoms with Gasteiger partial charge in [-0.25, -0.2) is 4.68 Å². The highest BCUT2D eigenvalue weighted by atomic mass is 79.9. The zero-order valence-corrected chi connectivity index (χ0v) is 10.9. The molecule has 0 unspecified atom stereocenters. The summed E-state index contributed by atoms with van der Waals surface area (Å²) in [5, 5.41) is 4.49. The summed E-state index contributed by atoms with van der Waals surface area (Å²) in [6, 6.07) is 9.85. The van der Waals surface area contributed by atoms with E-state index in [1.807, 2.05) is 30.3 Å². The molecule has 0 atom stereocenters. The monoisotopic (exact) mass is 279 g/mol. The topological polar surface area (TPSA) is 43.8 Å². The Bertz CT molecular complexity index is 485. The molecule has 1 aromatic heterocycles. The van der Waals surface area contributed by atoms with Gasteiger partial charge in [-0.1, -0.05) is 29.8 Å². The van der Waals surface area contributed by atoms with Crippen LogP contribution in [0.1, 0.15) is 25.5 Å². The van der Waals surface area contributed by atoms with Crippen molar-refractivity contribution in [3.8, 4) is 5.69 Å². The normalized spacial score (nSPS) is 11.0. The molecule has 0 amide bonds. The number of nitrogens with zero attached hydrogens (tertiary/aromatic N) is 2. The summed E-state index contributed by atoms with van der Waals surface area (Å²) in [6.07, 6.45) is 0. The van der Waals surface area contributed by atoms with Gasteiger partial charge in [0.05, 0.1) is 11.4 Å². The lowest BCUT2D eigenvalue weighted by atomic mass is 10.1. The second kappa shape index (κ2) is 4.29. The number of nitrogen functional groups attached to an aromatic ring is 1. The number of nitrogens with two attached hydrogens (primary N) is 1. The molecule has 84 valence electrons. The molecule has 0 aliphatic rings. The molecule has 3 nitrogen and oxygen atoms in total. The van der Waals surface area contributed by atoms with E-state index in [1.165, 1.54) is 0 Å². The van der Waals surface area contributed by atoms with Gasteiger partial charge in [-0.2, -0.15) is 5.10 Å². The lowest BCUT2D eigenvalue weighted by molar-refractivity contribution is 0.771. The third-order valence-electron chi connectivity index (χ3n) is 2.42. The summed E-state index contributed by atoms with van der Waals surface area (Å²) in [7, 11) is 0. The van der Waals surface area contributed by atoms with Crippen LogP contribution < -0.4 is 5.73 Å². The predicted molar refractivity (Wildman–Crippen MR) is 69.8 cm³/mol. The van der Waals surface area contributed by atoms with Crippen molar-refractivity contribution in [2.24, 2.45) is 0 Å². The van der Waals surface area contributed by atoms with Crippen LogP contribution in [0, 0.1) is 0 Å². The molecule has 1 aromatic carbocycles. The number of anilines is 1. The summed E-state index contributed by atoms with van der Waals surface area (Å²) >= 11 is 3.40. The molecule has 0 saturated heterocycles. The van der Waals surface area contributed by atoms with E-state index in [-0.39, 0.29) is 0 Å². The minimum absolute atomic E-state index is 0.388. The zero-order valence-electron chi connectivity index (χ0n) is 9.31. The first kappa shape index (κ1) is 11.2. The van der Waals surface area contributed by atoms with Crippen LogP contribution >= 0.6 is 15.9 Å². The van der Waals surface area contributed by atoms with Crippen LogP contribution in [0.5, 0.6) is 0 Å². The second-order valence-corrected chi connectivity index (χ2v) is 4.95. The predicted octanol–water partition coefficient (Wildman–Crippen LogP) is 3.34. The van der Waals surface area contributed by atoms with Gasteiger partial charge in [-0.15, -0.1) is 0 Å². The summed E-state index contributed by atoms with van der Waals surface area (Å²) in [4.78, 5) is 0. The van der Waals surface area contributed by atoms with Crippen molar-refractivity contribution in [1.82, 2.24) is 9.78 Å². The van der Waals surface area contributed by atoms with E-state index in [0.29, 0.717) is 11.7 Å². The van der Waals surface area contributed by atoms with Gasteiger partial charge in [0.15, 0.2) is 0 Å². The molecule has 2 N–H and O–H groups in total. The summed E-state index contributed by atoms with van der Waals surface area (Å²) in [6.45, 7) is 4.21. The Kier molecular flexibility index (Phi) is 3.01. The van der Waals surface area contributed by atoms with Crippen LogP contribution in [0.4, 0.5) is 5.82 Å². The first-order valence-electron chi connectivity index (χ1n) is 5.19. The molecule has 2 aromatic rings. The third-order valence-corrected chi connectivity index (χ3v) is 2.95. The molecule has 0 saturated carbocycles. The molecular formula is C12H14BrN3. The van der Waals surface area contributed by atoms with E-state index in [4.69, 9.17) is 5.73 Å². The number of aromatic nitrogens is 2. The number of rotatable bonds is 2.